The predicted octanol–water partition coefficient (Wildman–Crippen LogP) is 3.17. The van der Waals surface area contributed by atoms with Crippen LogP contribution in [0.3, 0.4) is 0 Å². The summed E-state index contributed by atoms with van der Waals surface area (Å²) in [6.45, 7) is 3.84. The molecule has 118 valence electrons. The minimum atomic E-state index is 0.166. The molecule has 5 nitrogen and oxygen atoms in total. The van der Waals surface area contributed by atoms with Gasteiger partial charge in [-0.1, -0.05) is 6.08 Å². The van der Waals surface area contributed by atoms with Gasteiger partial charge in [-0.15, -0.1) is 10.2 Å². The van der Waals surface area contributed by atoms with E-state index in [1.54, 1.807) is 48.5 Å². The molecule has 0 fully saturated rings. The highest BCUT2D eigenvalue weighted by molar-refractivity contribution is 6.12. The van der Waals surface area contributed by atoms with Gasteiger partial charge in [0.25, 0.3) is 0 Å². The van der Waals surface area contributed by atoms with Crippen LogP contribution < -0.4 is 5.73 Å². The molecule has 0 amide bonds. The number of phenolic OH excluding ortho intramolecular Hbond substituents is 2. The van der Waals surface area contributed by atoms with Crippen molar-refractivity contribution in [3.05, 3.63) is 71.3 Å². The van der Waals surface area contributed by atoms with Gasteiger partial charge in [0.15, 0.2) is 5.84 Å². The van der Waals surface area contributed by atoms with Crippen molar-refractivity contribution in [2.75, 3.05) is 0 Å². The largest absolute Gasteiger partial charge is 0.508 e. The summed E-state index contributed by atoms with van der Waals surface area (Å²) in [7, 11) is 0. The van der Waals surface area contributed by atoms with Crippen LogP contribution in [-0.4, -0.2) is 21.8 Å². The SMILES string of the molecule is CC=C(C)/C(=N/N=C(N)c1ccc(O)cc1)c1ccc(O)cc1. The van der Waals surface area contributed by atoms with Crippen LogP contribution in [0.4, 0.5) is 0 Å². The molecular formula is C18H19N3O2. The highest BCUT2D eigenvalue weighted by Gasteiger charge is 2.06. The Bertz CT molecular complexity index is 758. The molecule has 0 spiro atoms. The number of amidine groups is 1. The van der Waals surface area contributed by atoms with Gasteiger partial charge in [-0.2, -0.15) is 0 Å². The third kappa shape index (κ3) is 4.20. The number of nitrogens with zero attached hydrogens (tertiary/aromatic N) is 2. The Labute approximate surface area is 135 Å². The van der Waals surface area contributed by atoms with Gasteiger partial charge < -0.3 is 15.9 Å². The molecule has 0 radical (unpaired) electrons. The molecular weight excluding hydrogens is 290 g/mol. The maximum absolute atomic E-state index is 9.40. The van der Waals surface area contributed by atoms with E-state index in [4.69, 9.17) is 5.73 Å². The average Bonchev–Trinajstić information content (AvgIpc) is 2.56. The van der Waals surface area contributed by atoms with E-state index >= 15 is 0 Å². The van der Waals surface area contributed by atoms with Gasteiger partial charge in [-0.3, -0.25) is 0 Å². The van der Waals surface area contributed by atoms with E-state index in [1.165, 1.54) is 0 Å². The van der Waals surface area contributed by atoms with Crippen molar-refractivity contribution < 1.29 is 10.2 Å². The standard InChI is InChI=1S/C18H19N3O2/c1-3-12(2)17(13-4-8-15(22)9-5-13)20-21-18(19)14-6-10-16(23)11-7-14/h3-11,22-23H,1-2H3,(H2,19,21)/b12-3?,20-17-. The molecule has 5 heteroatoms. The number of allylic oxidation sites excluding steroid dienone is 2. The van der Waals surface area contributed by atoms with Crippen LogP contribution in [0, 0.1) is 0 Å². The molecule has 0 aliphatic rings. The van der Waals surface area contributed by atoms with E-state index in [2.05, 4.69) is 10.2 Å². The summed E-state index contributed by atoms with van der Waals surface area (Å²) in [6.07, 6.45) is 1.93. The van der Waals surface area contributed by atoms with E-state index in [0.717, 1.165) is 11.1 Å². The lowest BCUT2D eigenvalue weighted by Gasteiger charge is -2.06. The molecule has 0 bridgehead atoms. The van der Waals surface area contributed by atoms with Crippen LogP contribution in [0.1, 0.15) is 25.0 Å². The van der Waals surface area contributed by atoms with E-state index in [-0.39, 0.29) is 17.3 Å². The van der Waals surface area contributed by atoms with Crippen molar-refractivity contribution in [3.8, 4) is 11.5 Å². The normalized spacial score (nSPS) is 13.2. The topological polar surface area (TPSA) is 91.2 Å². The molecule has 0 aliphatic carbocycles. The van der Waals surface area contributed by atoms with Crippen LogP contribution in [0.2, 0.25) is 0 Å². The van der Waals surface area contributed by atoms with Crippen LogP contribution in [0.25, 0.3) is 0 Å². The van der Waals surface area contributed by atoms with Crippen molar-refractivity contribution in [2.45, 2.75) is 13.8 Å². The molecule has 0 unspecified atom stereocenters. The smallest absolute Gasteiger partial charge is 0.153 e. The van der Waals surface area contributed by atoms with Crippen molar-refractivity contribution in [2.24, 2.45) is 15.9 Å². The Morgan fingerprint density at radius 1 is 0.870 bits per heavy atom. The van der Waals surface area contributed by atoms with Crippen LogP contribution in [-0.2, 0) is 0 Å². The van der Waals surface area contributed by atoms with Crippen molar-refractivity contribution in [1.29, 1.82) is 0 Å². The number of hydrogen-bond acceptors (Lipinski definition) is 4. The fourth-order valence-electron chi connectivity index (χ4n) is 1.91. The van der Waals surface area contributed by atoms with Crippen molar-refractivity contribution >= 4 is 11.5 Å². The first-order valence-corrected chi connectivity index (χ1v) is 7.14. The van der Waals surface area contributed by atoms with E-state index < -0.39 is 0 Å². The highest BCUT2D eigenvalue weighted by atomic mass is 16.3. The van der Waals surface area contributed by atoms with Gasteiger partial charge in [-0.05, 0) is 68.0 Å². The molecule has 0 saturated heterocycles. The third-order valence-corrected chi connectivity index (χ3v) is 3.37. The van der Waals surface area contributed by atoms with Gasteiger partial charge in [0, 0.05) is 11.1 Å². The Kier molecular flexibility index (Phi) is 5.15. The number of rotatable bonds is 4. The van der Waals surface area contributed by atoms with Gasteiger partial charge in [-0.25, -0.2) is 0 Å². The molecule has 0 heterocycles. The monoisotopic (exact) mass is 309 g/mol. The summed E-state index contributed by atoms with van der Waals surface area (Å²) in [5.41, 5.74) is 9.07. The Balaban J connectivity index is 2.39. The predicted molar refractivity (Wildman–Crippen MR) is 92.9 cm³/mol. The number of nitrogens with two attached hydrogens (primary N) is 1. The maximum atomic E-state index is 9.40. The second-order valence-electron chi connectivity index (χ2n) is 5.00. The lowest BCUT2D eigenvalue weighted by atomic mass is 10.0. The third-order valence-electron chi connectivity index (χ3n) is 3.37. The maximum Gasteiger partial charge on any atom is 0.153 e. The highest BCUT2D eigenvalue weighted by Crippen LogP contribution is 2.15. The molecule has 2 aromatic rings. The molecule has 23 heavy (non-hydrogen) atoms. The summed E-state index contributed by atoms with van der Waals surface area (Å²) in [6, 6.07) is 13.2. The Morgan fingerprint density at radius 2 is 1.35 bits per heavy atom. The summed E-state index contributed by atoms with van der Waals surface area (Å²) in [5, 5.41) is 27.0. The van der Waals surface area contributed by atoms with Gasteiger partial charge >= 0.3 is 0 Å². The summed E-state index contributed by atoms with van der Waals surface area (Å²) < 4.78 is 0. The Morgan fingerprint density at radius 3 is 1.83 bits per heavy atom. The number of phenols is 2. The average molecular weight is 309 g/mol. The molecule has 0 aliphatic heterocycles. The molecule has 0 aromatic heterocycles. The number of benzene rings is 2. The van der Waals surface area contributed by atoms with Crippen LogP contribution in [0.15, 0.2) is 70.4 Å². The van der Waals surface area contributed by atoms with Gasteiger partial charge in [0.05, 0.1) is 5.71 Å². The fraction of sp³-hybridized carbons (Fsp3) is 0.111. The quantitative estimate of drug-likeness (QED) is 0.460. The second kappa shape index (κ2) is 7.26. The molecule has 2 rings (SSSR count). The van der Waals surface area contributed by atoms with E-state index in [0.29, 0.717) is 11.3 Å². The molecule has 2 aromatic carbocycles. The zero-order chi connectivity index (χ0) is 16.8. The number of aromatic hydroxyl groups is 2. The van der Waals surface area contributed by atoms with Crippen LogP contribution >= 0.6 is 0 Å². The lowest BCUT2D eigenvalue weighted by Crippen LogP contribution is -2.13. The molecule has 0 saturated carbocycles. The summed E-state index contributed by atoms with van der Waals surface area (Å²) in [5.74, 6) is 0.614. The molecule has 4 N–H and O–H groups in total. The fourth-order valence-corrected chi connectivity index (χ4v) is 1.91. The second-order valence-corrected chi connectivity index (χ2v) is 5.00. The lowest BCUT2D eigenvalue weighted by molar-refractivity contribution is 0.474. The van der Waals surface area contributed by atoms with E-state index in [9.17, 15) is 10.2 Å². The minimum absolute atomic E-state index is 0.166. The zero-order valence-electron chi connectivity index (χ0n) is 13.1. The molecule has 0 atom stereocenters. The van der Waals surface area contributed by atoms with Crippen molar-refractivity contribution in [3.63, 3.8) is 0 Å². The first-order valence-electron chi connectivity index (χ1n) is 7.14. The first kappa shape index (κ1) is 16.3. The zero-order valence-corrected chi connectivity index (χ0v) is 13.1. The first-order chi connectivity index (χ1) is 11.0. The van der Waals surface area contributed by atoms with Gasteiger partial charge in [0.1, 0.15) is 11.5 Å². The Hall–Kier alpha value is -3.08. The number of hydrogen-bond donors (Lipinski definition) is 3. The summed E-state index contributed by atoms with van der Waals surface area (Å²) in [4.78, 5) is 0. The summed E-state index contributed by atoms with van der Waals surface area (Å²) >= 11 is 0. The van der Waals surface area contributed by atoms with Crippen LogP contribution in [0.5, 0.6) is 11.5 Å². The minimum Gasteiger partial charge on any atom is -0.508 e. The van der Waals surface area contributed by atoms with Gasteiger partial charge in [0.2, 0.25) is 0 Å². The van der Waals surface area contributed by atoms with Crippen molar-refractivity contribution in [1.82, 2.24) is 0 Å². The van der Waals surface area contributed by atoms with E-state index in [1.807, 2.05) is 19.9 Å².